The van der Waals surface area contributed by atoms with E-state index in [1.807, 2.05) is 13.0 Å². The summed E-state index contributed by atoms with van der Waals surface area (Å²) in [5, 5.41) is 9.17. The number of nitrogens with zero attached hydrogens (tertiary/aromatic N) is 1. The molecule has 1 aromatic rings. The number of carboxylic acid groups (broad SMARTS) is 1. The molecule has 98 valence electrons. The summed E-state index contributed by atoms with van der Waals surface area (Å²) in [6.07, 6.45) is 2.81. The minimum Gasteiger partial charge on any atom is -0.480 e. The lowest BCUT2D eigenvalue weighted by atomic mass is 9.89. The molecule has 1 atom stereocenters. The molecule has 0 spiro atoms. The first-order valence-corrected chi connectivity index (χ1v) is 6.74. The highest BCUT2D eigenvalue weighted by Crippen LogP contribution is 2.28. The van der Waals surface area contributed by atoms with Crippen LogP contribution in [0.1, 0.15) is 37.7 Å². The van der Waals surface area contributed by atoms with Gasteiger partial charge in [-0.15, -0.1) is 0 Å². The van der Waals surface area contributed by atoms with E-state index in [9.17, 15) is 4.79 Å². The van der Waals surface area contributed by atoms with E-state index in [-0.39, 0.29) is 6.04 Å². The quantitative estimate of drug-likeness (QED) is 0.889. The Labute approximate surface area is 108 Å². The van der Waals surface area contributed by atoms with E-state index in [0.717, 1.165) is 25.9 Å². The molecule has 2 rings (SSSR count). The molecule has 1 heterocycles. The van der Waals surface area contributed by atoms with Crippen LogP contribution in [0.5, 0.6) is 0 Å². The zero-order valence-electron chi connectivity index (χ0n) is 10.9. The molecule has 3 heteroatoms. The number of hydrogen-bond donors (Lipinski definition) is 1. The first-order chi connectivity index (χ1) is 8.72. The largest absolute Gasteiger partial charge is 0.480 e. The van der Waals surface area contributed by atoms with Gasteiger partial charge < -0.3 is 5.11 Å². The molecule has 1 aliphatic rings. The summed E-state index contributed by atoms with van der Waals surface area (Å²) in [5.74, 6) is -0.0931. The lowest BCUT2D eigenvalue weighted by molar-refractivity contribution is -0.143. The van der Waals surface area contributed by atoms with Gasteiger partial charge in [0.15, 0.2) is 0 Å². The number of rotatable bonds is 4. The van der Waals surface area contributed by atoms with Gasteiger partial charge in [0.2, 0.25) is 0 Å². The molecule has 1 saturated heterocycles. The van der Waals surface area contributed by atoms with Gasteiger partial charge in [-0.1, -0.05) is 37.3 Å². The highest BCUT2D eigenvalue weighted by Gasteiger charge is 2.28. The van der Waals surface area contributed by atoms with Gasteiger partial charge in [0.25, 0.3) is 0 Å². The van der Waals surface area contributed by atoms with Gasteiger partial charge in [0, 0.05) is 0 Å². The second-order valence-electron chi connectivity index (χ2n) is 4.98. The van der Waals surface area contributed by atoms with Crippen molar-refractivity contribution in [3.63, 3.8) is 0 Å². The Morgan fingerprint density at radius 1 is 1.33 bits per heavy atom. The van der Waals surface area contributed by atoms with Crippen LogP contribution in [0.15, 0.2) is 30.3 Å². The molecule has 3 nitrogen and oxygen atoms in total. The van der Waals surface area contributed by atoms with Crippen molar-refractivity contribution in [3.05, 3.63) is 35.9 Å². The SMILES string of the molecule is CCC(C(=O)O)N1CCC(c2ccccc2)CC1. The van der Waals surface area contributed by atoms with Gasteiger partial charge in [-0.25, -0.2) is 0 Å². The molecular formula is C15H21NO2. The van der Waals surface area contributed by atoms with E-state index < -0.39 is 5.97 Å². The maximum Gasteiger partial charge on any atom is 0.320 e. The molecule has 1 unspecified atom stereocenters. The Bertz CT molecular complexity index is 383. The fourth-order valence-electron chi connectivity index (χ4n) is 2.86. The van der Waals surface area contributed by atoms with Gasteiger partial charge in [-0.05, 0) is 43.8 Å². The smallest absolute Gasteiger partial charge is 0.320 e. The lowest BCUT2D eigenvalue weighted by Crippen LogP contribution is -2.44. The van der Waals surface area contributed by atoms with E-state index in [1.54, 1.807) is 0 Å². The van der Waals surface area contributed by atoms with Crippen LogP contribution in [0, 0.1) is 0 Å². The number of benzene rings is 1. The van der Waals surface area contributed by atoms with Crippen LogP contribution < -0.4 is 0 Å². The summed E-state index contributed by atoms with van der Waals surface area (Å²) in [7, 11) is 0. The second-order valence-corrected chi connectivity index (χ2v) is 4.98. The number of carbonyl (C=O) groups is 1. The average molecular weight is 247 g/mol. The average Bonchev–Trinajstić information content (AvgIpc) is 2.41. The fraction of sp³-hybridized carbons (Fsp3) is 0.533. The second kappa shape index (κ2) is 6.01. The molecule has 1 fully saturated rings. The van der Waals surface area contributed by atoms with Gasteiger partial charge >= 0.3 is 5.97 Å². The molecule has 0 amide bonds. The van der Waals surface area contributed by atoms with Crippen LogP contribution in [-0.4, -0.2) is 35.1 Å². The normalized spacial score (nSPS) is 19.6. The number of hydrogen-bond acceptors (Lipinski definition) is 2. The summed E-state index contributed by atoms with van der Waals surface area (Å²) in [5.41, 5.74) is 1.39. The predicted molar refractivity (Wildman–Crippen MR) is 71.7 cm³/mol. The van der Waals surface area contributed by atoms with Crippen molar-refractivity contribution in [2.24, 2.45) is 0 Å². The van der Waals surface area contributed by atoms with Crippen LogP contribution in [0.3, 0.4) is 0 Å². The van der Waals surface area contributed by atoms with Crippen molar-refractivity contribution in [2.75, 3.05) is 13.1 Å². The molecule has 0 aromatic heterocycles. The number of piperidine rings is 1. The molecule has 1 aromatic carbocycles. The van der Waals surface area contributed by atoms with Crippen LogP contribution in [-0.2, 0) is 4.79 Å². The van der Waals surface area contributed by atoms with E-state index in [2.05, 4.69) is 29.2 Å². The van der Waals surface area contributed by atoms with Crippen LogP contribution >= 0.6 is 0 Å². The van der Waals surface area contributed by atoms with E-state index in [4.69, 9.17) is 5.11 Å². The Kier molecular flexibility index (Phi) is 4.37. The highest BCUT2D eigenvalue weighted by molar-refractivity contribution is 5.73. The molecule has 0 saturated carbocycles. The van der Waals surface area contributed by atoms with Crippen LogP contribution in [0.25, 0.3) is 0 Å². The summed E-state index contributed by atoms with van der Waals surface area (Å²) in [6.45, 7) is 3.73. The topological polar surface area (TPSA) is 40.5 Å². The van der Waals surface area contributed by atoms with Gasteiger partial charge in [-0.3, -0.25) is 9.69 Å². The summed E-state index contributed by atoms with van der Waals surface area (Å²) in [4.78, 5) is 13.3. The molecule has 1 N–H and O–H groups in total. The standard InChI is InChI=1S/C15H21NO2/c1-2-14(15(17)18)16-10-8-13(9-11-16)12-6-4-3-5-7-12/h3-7,13-14H,2,8-11H2,1H3,(H,17,18). The maximum absolute atomic E-state index is 11.1. The van der Waals surface area contributed by atoms with Crippen molar-refractivity contribution in [2.45, 2.75) is 38.1 Å². The molecule has 0 radical (unpaired) electrons. The summed E-state index contributed by atoms with van der Waals surface area (Å²) in [6, 6.07) is 10.2. The van der Waals surface area contributed by atoms with E-state index >= 15 is 0 Å². The van der Waals surface area contributed by atoms with Crippen molar-refractivity contribution >= 4 is 5.97 Å². The third kappa shape index (κ3) is 2.91. The minimum atomic E-state index is -0.685. The van der Waals surface area contributed by atoms with Crippen LogP contribution in [0.2, 0.25) is 0 Å². The predicted octanol–water partition coefficient (Wildman–Crippen LogP) is 2.73. The Balaban J connectivity index is 1.94. The van der Waals surface area contributed by atoms with Crippen LogP contribution in [0.4, 0.5) is 0 Å². The Morgan fingerprint density at radius 2 is 1.94 bits per heavy atom. The highest BCUT2D eigenvalue weighted by atomic mass is 16.4. The molecule has 18 heavy (non-hydrogen) atoms. The summed E-state index contributed by atoms with van der Waals surface area (Å²) < 4.78 is 0. The number of aliphatic carboxylic acids is 1. The molecule has 1 aliphatic heterocycles. The van der Waals surface area contributed by atoms with Crippen molar-refractivity contribution < 1.29 is 9.90 Å². The first kappa shape index (κ1) is 13.1. The Morgan fingerprint density at radius 3 is 2.44 bits per heavy atom. The number of likely N-dealkylation sites (tertiary alicyclic amines) is 1. The third-order valence-electron chi connectivity index (χ3n) is 3.91. The monoisotopic (exact) mass is 247 g/mol. The molecule has 0 aliphatic carbocycles. The van der Waals surface area contributed by atoms with E-state index in [1.165, 1.54) is 5.56 Å². The first-order valence-electron chi connectivity index (χ1n) is 6.74. The van der Waals surface area contributed by atoms with Crippen molar-refractivity contribution in [1.82, 2.24) is 4.90 Å². The van der Waals surface area contributed by atoms with Gasteiger partial charge in [0.1, 0.15) is 6.04 Å². The maximum atomic E-state index is 11.1. The minimum absolute atomic E-state index is 0.304. The fourth-order valence-corrected chi connectivity index (χ4v) is 2.86. The van der Waals surface area contributed by atoms with E-state index in [0.29, 0.717) is 12.3 Å². The lowest BCUT2D eigenvalue weighted by Gasteiger charge is -2.35. The Hall–Kier alpha value is -1.35. The van der Waals surface area contributed by atoms with Crippen molar-refractivity contribution in [3.8, 4) is 0 Å². The zero-order valence-corrected chi connectivity index (χ0v) is 10.9. The zero-order chi connectivity index (χ0) is 13.0. The molecule has 0 bridgehead atoms. The number of carboxylic acids is 1. The summed E-state index contributed by atoms with van der Waals surface area (Å²) >= 11 is 0. The third-order valence-corrected chi connectivity index (χ3v) is 3.91. The van der Waals surface area contributed by atoms with Crippen molar-refractivity contribution in [1.29, 1.82) is 0 Å². The van der Waals surface area contributed by atoms with Gasteiger partial charge in [-0.2, -0.15) is 0 Å². The van der Waals surface area contributed by atoms with Gasteiger partial charge in [0.05, 0.1) is 0 Å². The molecular weight excluding hydrogens is 226 g/mol.